The molecule has 2 aliphatic rings. The van der Waals surface area contributed by atoms with E-state index in [9.17, 15) is 0 Å². The van der Waals surface area contributed by atoms with Crippen molar-refractivity contribution in [2.75, 3.05) is 14.2 Å². The van der Waals surface area contributed by atoms with Gasteiger partial charge in [0, 0.05) is 16.1 Å². The summed E-state index contributed by atoms with van der Waals surface area (Å²) >= 11 is 3.52. The normalized spacial score (nSPS) is 29.6. The molecule has 2 aliphatic carbocycles. The average Bonchev–Trinajstić information content (AvgIpc) is 3.07. The van der Waals surface area contributed by atoms with E-state index in [1.54, 1.807) is 7.11 Å². The van der Waals surface area contributed by atoms with Crippen molar-refractivity contribution >= 4 is 15.9 Å². The minimum absolute atomic E-state index is 0.405. The second-order valence-corrected chi connectivity index (χ2v) is 7.31. The van der Waals surface area contributed by atoms with Gasteiger partial charge in [-0.1, -0.05) is 28.4 Å². The van der Waals surface area contributed by atoms with Crippen LogP contribution in [0.25, 0.3) is 0 Å². The first-order chi connectivity index (χ1) is 9.71. The van der Waals surface area contributed by atoms with Crippen molar-refractivity contribution in [3.05, 3.63) is 28.2 Å². The first kappa shape index (κ1) is 14.4. The van der Waals surface area contributed by atoms with Gasteiger partial charge in [0.15, 0.2) is 0 Å². The van der Waals surface area contributed by atoms with E-state index in [1.807, 2.05) is 0 Å². The molecule has 3 heteroatoms. The van der Waals surface area contributed by atoms with Gasteiger partial charge in [0.25, 0.3) is 0 Å². The van der Waals surface area contributed by atoms with E-state index in [4.69, 9.17) is 4.74 Å². The minimum Gasteiger partial charge on any atom is -0.496 e. The molecule has 4 atom stereocenters. The van der Waals surface area contributed by atoms with Gasteiger partial charge in [-0.2, -0.15) is 0 Å². The fourth-order valence-electron chi connectivity index (χ4n) is 4.34. The van der Waals surface area contributed by atoms with Crippen molar-refractivity contribution in [1.82, 2.24) is 5.32 Å². The van der Waals surface area contributed by atoms with Crippen LogP contribution in [0.1, 0.15) is 43.7 Å². The van der Waals surface area contributed by atoms with Crippen molar-refractivity contribution in [2.45, 2.75) is 38.1 Å². The zero-order valence-corrected chi connectivity index (χ0v) is 13.9. The number of ether oxygens (including phenoxy) is 1. The molecule has 4 unspecified atom stereocenters. The van der Waals surface area contributed by atoms with Crippen LogP contribution in [0.2, 0.25) is 0 Å². The van der Waals surface area contributed by atoms with Gasteiger partial charge in [0.05, 0.1) is 7.11 Å². The van der Waals surface area contributed by atoms with E-state index in [1.165, 1.54) is 37.7 Å². The molecule has 3 rings (SSSR count). The van der Waals surface area contributed by atoms with Crippen LogP contribution in [-0.2, 0) is 0 Å². The molecule has 0 amide bonds. The molecule has 1 aromatic carbocycles. The van der Waals surface area contributed by atoms with E-state index < -0.39 is 0 Å². The molecule has 20 heavy (non-hydrogen) atoms. The van der Waals surface area contributed by atoms with Crippen molar-refractivity contribution in [1.29, 1.82) is 0 Å². The third-order valence-electron chi connectivity index (χ3n) is 5.34. The lowest BCUT2D eigenvalue weighted by Crippen LogP contribution is -2.23. The molecular weight excluding hydrogens is 314 g/mol. The van der Waals surface area contributed by atoms with Gasteiger partial charge in [-0.25, -0.2) is 0 Å². The summed E-state index contributed by atoms with van der Waals surface area (Å²) < 4.78 is 6.64. The highest BCUT2D eigenvalue weighted by atomic mass is 79.9. The fraction of sp³-hybridized carbons (Fsp3) is 0.647. The SMILES string of the molecule is CNC(CC1CC2CCC1C2)c1ccc(Br)cc1OC. The van der Waals surface area contributed by atoms with E-state index in [0.29, 0.717) is 6.04 Å². The maximum atomic E-state index is 5.57. The van der Waals surface area contributed by atoms with Crippen LogP contribution in [0.3, 0.4) is 0 Å². The predicted molar refractivity (Wildman–Crippen MR) is 86.0 cm³/mol. The maximum Gasteiger partial charge on any atom is 0.124 e. The van der Waals surface area contributed by atoms with E-state index >= 15 is 0 Å². The van der Waals surface area contributed by atoms with Crippen molar-refractivity contribution in [3.8, 4) is 5.75 Å². The smallest absolute Gasteiger partial charge is 0.124 e. The van der Waals surface area contributed by atoms with Gasteiger partial charge in [0.2, 0.25) is 0 Å². The van der Waals surface area contributed by atoms with E-state index in [2.05, 4.69) is 46.5 Å². The van der Waals surface area contributed by atoms with Gasteiger partial charge >= 0.3 is 0 Å². The minimum atomic E-state index is 0.405. The summed E-state index contributed by atoms with van der Waals surface area (Å²) in [6, 6.07) is 6.78. The number of methoxy groups -OCH3 is 1. The number of halogens is 1. The lowest BCUT2D eigenvalue weighted by atomic mass is 9.82. The molecule has 1 N–H and O–H groups in total. The third kappa shape index (κ3) is 2.75. The van der Waals surface area contributed by atoms with Gasteiger partial charge in [-0.15, -0.1) is 0 Å². The Morgan fingerprint density at radius 3 is 2.80 bits per heavy atom. The number of fused-ring (bicyclic) bond motifs is 2. The molecule has 0 aromatic heterocycles. The number of hydrogen-bond donors (Lipinski definition) is 1. The van der Waals surface area contributed by atoms with Crippen molar-refractivity contribution in [2.24, 2.45) is 17.8 Å². The Hall–Kier alpha value is -0.540. The monoisotopic (exact) mass is 337 g/mol. The van der Waals surface area contributed by atoms with E-state index in [0.717, 1.165) is 28.0 Å². The van der Waals surface area contributed by atoms with Gasteiger partial charge in [-0.3, -0.25) is 0 Å². The second-order valence-electron chi connectivity index (χ2n) is 6.40. The molecule has 0 radical (unpaired) electrons. The zero-order chi connectivity index (χ0) is 14.1. The van der Waals surface area contributed by atoms with Crippen LogP contribution in [0.15, 0.2) is 22.7 Å². The summed E-state index contributed by atoms with van der Waals surface area (Å²) in [5.74, 6) is 3.90. The molecule has 1 aromatic rings. The largest absolute Gasteiger partial charge is 0.496 e. The van der Waals surface area contributed by atoms with Gasteiger partial charge in [0.1, 0.15) is 5.75 Å². The van der Waals surface area contributed by atoms with Crippen molar-refractivity contribution < 1.29 is 4.74 Å². The molecule has 0 saturated heterocycles. The van der Waals surface area contributed by atoms with Crippen LogP contribution in [0.4, 0.5) is 0 Å². The number of hydrogen-bond acceptors (Lipinski definition) is 2. The first-order valence-electron chi connectivity index (χ1n) is 7.72. The van der Waals surface area contributed by atoms with E-state index in [-0.39, 0.29) is 0 Å². The molecule has 2 fully saturated rings. The zero-order valence-electron chi connectivity index (χ0n) is 12.4. The van der Waals surface area contributed by atoms with Crippen molar-refractivity contribution in [3.63, 3.8) is 0 Å². The standard InChI is InChI=1S/C17H24BrNO/c1-19-16(9-13-8-11-3-4-12(13)7-11)15-6-5-14(18)10-17(15)20-2/h5-6,10-13,16,19H,3-4,7-9H2,1-2H3. The van der Waals surface area contributed by atoms with Gasteiger partial charge < -0.3 is 10.1 Å². The maximum absolute atomic E-state index is 5.57. The quantitative estimate of drug-likeness (QED) is 0.851. The molecule has 2 saturated carbocycles. The lowest BCUT2D eigenvalue weighted by molar-refractivity contribution is 0.281. The summed E-state index contributed by atoms with van der Waals surface area (Å²) in [6.45, 7) is 0. The van der Waals surface area contributed by atoms with Crippen LogP contribution < -0.4 is 10.1 Å². The van der Waals surface area contributed by atoms with Crippen LogP contribution in [0, 0.1) is 17.8 Å². The molecule has 0 spiro atoms. The summed E-state index contributed by atoms with van der Waals surface area (Å²) in [4.78, 5) is 0. The van der Waals surface area contributed by atoms with Crippen LogP contribution >= 0.6 is 15.9 Å². The summed E-state index contributed by atoms with van der Waals surface area (Å²) in [5.41, 5.74) is 1.29. The summed E-state index contributed by atoms with van der Waals surface area (Å²) in [5, 5.41) is 3.50. The van der Waals surface area contributed by atoms with Gasteiger partial charge in [-0.05, 0) is 62.6 Å². The predicted octanol–water partition coefficient (Wildman–Crippen LogP) is 4.54. The molecule has 2 nitrogen and oxygen atoms in total. The first-order valence-corrected chi connectivity index (χ1v) is 8.51. The highest BCUT2D eigenvalue weighted by molar-refractivity contribution is 9.10. The lowest BCUT2D eigenvalue weighted by Gasteiger charge is -2.27. The Kier molecular flexibility index (Phi) is 4.37. The summed E-state index contributed by atoms with van der Waals surface area (Å²) in [7, 11) is 3.83. The number of rotatable bonds is 5. The Morgan fingerprint density at radius 1 is 1.35 bits per heavy atom. The third-order valence-corrected chi connectivity index (χ3v) is 5.84. The van der Waals surface area contributed by atoms with Crippen LogP contribution in [0.5, 0.6) is 5.75 Å². The Labute approximate surface area is 130 Å². The molecule has 0 aliphatic heterocycles. The number of nitrogens with one attached hydrogen (secondary N) is 1. The molecular formula is C17H24BrNO. The Bertz CT molecular complexity index is 476. The molecule has 110 valence electrons. The van der Waals surface area contributed by atoms with Crippen LogP contribution in [-0.4, -0.2) is 14.2 Å². The fourth-order valence-corrected chi connectivity index (χ4v) is 4.68. The molecule has 0 heterocycles. The average molecular weight is 338 g/mol. The second kappa shape index (κ2) is 6.07. The Morgan fingerprint density at radius 2 is 2.20 bits per heavy atom. The Balaban J connectivity index is 1.76. The highest BCUT2D eigenvalue weighted by Gasteiger charge is 2.40. The highest BCUT2D eigenvalue weighted by Crippen LogP contribution is 2.51. The molecule has 2 bridgehead atoms. The number of benzene rings is 1. The summed E-state index contributed by atoms with van der Waals surface area (Å²) in [6.07, 6.45) is 7.12. The topological polar surface area (TPSA) is 21.3 Å².